The lowest BCUT2D eigenvalue weighted by Gasteiger charge is -2.23. The topological polar surface area (TPSA) is 20.2 Å². The fraction of sp³-hybridized carbons (Fsp3) is 1.00. The second kappa shape index (κ2) is 25.4. The van der Waals surface area contributed by atoms with E-state index in [1.807, 2.05) is 0 Å². The first kappa shape index (κ1) is 31.1. The van der Waals surface area contributed by atoms with Crippen molar-refractivity contribution in [3.8, 4) is 0 Å². The maximum atomic E-state index is 8.07. The van der Waals surface area contributed by atoms with Crippen LogP contribution in [0.1, 0.15) is 117 Å². The van der Waals surface area contributed by atoms with E-state index in [9.17, 15) is 0 Å². The molecule has 0 aliphatic heterocycles. The highest BCUT2D eigenvalue weighted by Gasteiger charge is 2.04. The van der Waals surface area contributed by atoms with Crippen LogP contribution in [0.2, 0.25) is 0 Å². The van der Waals surface area contributed by atoms with Gasteiger partial charge >= 0.3 is 0 Å². The molecule has 0 amide bonds. The van der Waals surface area contributed by atoms with E-state index in [0.29, 0.717) is 6.61 Å². The summed E-state index contributed by atoms with van der Waals surface area (Å²) in [5.74, 6) is 0. The van der Waals surface area contributed by atoms with Gasteiger partial charge in [-0.15, -0.1) is 0 Å². The monoisotopic (exact) mass is 437 g/mol. The Bertz CT molecular complexity index is 227. The zero-order valence-corrected chi connectivity index (χ0v) is 20.6. The lowest BCUT2D eigenvalue weighted by Crippen LogP contribution is -3.00. The molecule has 0 fully saturated rings. The van der Waals surface area contributed by atoms with Gasteiger partial charge in [0.25, 0.3) is 0 Å². The Hall–Kier alpha value is 0.400. The molecule has 0 saturated carbocycles. The van der Waals surface area contributed by atoms with Crippen molar-refractivity contribution >= 4 is 0 Å². The first-order valence-corrected chi connectivity index (χ1v) is 11.4. The minimum absolute atomic E-state index is 0. The highest BCUT2D eigenvalue weighted by molar-refractivity contribution is 4.49. The summed E-state index contributed by atoms with van der Waals surface area (Å²) < 4.78 is 1.12. The van der Waals surface area contributed by atoms with E-state index in [1.165, 1.54) is 96.4 Å². The molecule has 2 nitrogen and oxygen atoms in total. The summed E-state index contributed by atoms with van der Waals surface area (Å²) in [6.07, 6.45) is 22.4. The zero-order valence-electron chi connectivity index (χ0n) is 19.0. The van der Waals surface area contributed by atoms with E-state index in [0.717, 1.165) is 17.3 Å². The summed E-state index contributed by atoms with van der Waals surface area (Å²) in [5, 5.41) is 8.07. The van der Waals surface area contributed by atoms with E-state index in [1.54, 1.807) is 0 Å². The molecule has 0 spiro atoms. The van der Waals surface area contributed by atoms with Crippen LogP contribution in [-0.4, -0.2) is 43.9 Å². The molecular weight excluding hydrogens is 386 g/mol. The van der Waals surface area contributed by atoms with Gasteiger partial charge in [0.15, 0.2) is 0 Å². The lowest BCUT2D eigenvalue weighted by molar-refractivity contribution is -0.870. The Morgan fingerprint density at radius 3 is 1.04 bits per heavy atom. The van der Waals surface area contributed by atoms with Crippen LogP contribution in [0.5, 0.6) is 0 Å². The minimum atomic E-state index is 0. The first-order chi connectivity index (χ1) is 12.0. The van der Waals surface area contributed by atoms with Crippen molar-refractivity contribution in [2.75, 3.05) is 34.3 Å². The van der Waals surface area contributed by atoms with Crippen LogP contribution in [0.15, 0.2) is 0 Å². The summed E-state index contributed by atoms with van der Waals surface area (Å²) in [7, 11) is 6.88. The van der Waals surface area contributed by atoms with E-state index >= 15 is 0 Å². The summed E-state index contributed by atoms with van der Waals surface area (Å²) in [6.45, 7) is 6.02. The molecule has 1 N–H and O–H groups in total. The fourth-order valence-electron chi connectivity index (χ4n) is 2.94. The molecule has 0 heterocycles. The van der Waals surface area contributed by atoms with Gasteiger partial charge in [0.2, 0.25) is 0 Å². The predicted molar refractivity (Wildman–Crippen MR) is 115 cm³/mol. The van der Waals surface area contributed by atoms with Crippen LogP contribution in [0.25, 0.3) is 0 Å². The van der Waals surface area contributed by atoms with Crippen LogP contribution in [-0.2, 0) is 0 Å². The molecule has 0 aromatic heterocycles. The Kier molecular flexibility index (Phi) is 30.4. The van der Waals surface area contributed by atoms with Gasteiger partial charge in [-0.2, -0.15) is 0 Å². The highest BCUT2D eigenvalue weighted by Crippen LogP contribution is 2.13. The second-order valence-corrected chi connectivity index (χ2v) is 8.69. The van der Waals surface area contributed by atoms with Gasteiger partial charge < -0.3 is 26.6 Å². The minimum Gasteiger partial charge on any atom is -1.00 e. The van der Waals surface area contributed by atoms with Crippen molar-refractivity contribution in [2.24, 2.45) is 0 Å². The average molecular weight is 439 g/mol. The molecule has 3 heteroatoms. The molecular formula is C23H52BrNO. The van der Waals surface area contributed by atoms with Crippen LogP contribution in [0.3, 0.4) is 0 Å². The van der Waals surface area contributed by atoms with E-state index in [2.05, 4.69) is 35.0 Å². The molecule has 26 heavy (non-hydrogen) atoms. The SMILES string of the molecule is CCCCCCCCCCCCCCCC[N+](C)(C)C.CCCCO.[Br-]. The third-order valence-corrected chi connectivity index (χ3v) is 4.69. The van der Waals surface area contributed by atoms with Gasteiger partial charge in [0, 0.05) is 6.61 Å². The molecule has 0 aliphatic rings. The fourth-order valence-corrected chi connectivity index (χ4v) is 2.94. The number of unbranched alkanes of at least 4 members (excludes halogenated alkanes) is 14. The van der Waals surface area contributed by atoms with Gasteiger partial charge in [-0.25, -0.2) is 0 Å². The number of aliphatic hydroxyl groups is 1. The largest absolute Gasteiger partial charge is 1.00 e. The normalized spacial score (nSPS) is 10.8. The Morgan fingerprint density at radius 1 is 0.500 bits per heavy atom. The number of nitrogens with zero attached hydrogens (tertiary/aromatic N) is 1. The van der Waals surface area contributed by atoms with Crippen molar-refractivity contribution in [1.29, 1.82) is 0 Å². The van der Waals surface area contributed by atoms with Crippen molar-refractivity contribution < 1.29 is 26.6 Å². The van der Waals surface area contributed by atoms with Crippen LogP contribution in [0.4, 0.5) is 0 Å². The summed E-state index contributed by atoms with van der Waals surface area (Å²) in [4.78, 5) is 0. The smallest absolute Gasteiger partial charge is 0.0780 e. The van der Waals surface area contributed by atoms with Gasteiger partial charge in [0.05, 0.1) is 27.7 Å². The van der Waals surface area contributed by atoms with Gasteiger partial charge in [-0.1, -0.05) is 97.3 Å². The molecule has 162 valence electrons. The number of quaternary nitrogens is 1. The third-order valence-electron chi connectivity index (χ3n) is 4.69. The summed E-state index contributed by atoms with van der Waals surface area (Å²) in [5.41, 5.74) is 0. The lowest BCUT2D eigenvalue weighted by atomic mass is 10.0. The molecule has 0 rings (SSSR count). The molecule has 0 atom stereocenters. The Balaban J connectivity index is -0.000000772. The van der Waals surface area contributed by atoms with Gasteiger partial charge in [-0.05, 0) is 19.3 Å². The predicted octanol–water partition coefficient (Wildman–Crippen LogP) is 3.96. The van der Waals surface area contributed by atoms with E-state index in [4.69, 9.17) is 5.11 Å². The average Bonchev–Trinajstić information content (AvgIpc) is 2.55. The van der Waals surface area contributed by atoms with E-state index in [-0.39, 0.29) is 17.0 Å². The van der Waals surface area contributed by atoms with Crippen molar-refractivity contribution in [1.82, 2.24) is 0 Å². The van der Waals surface area contributed by atoms with Crippen molar-refractivity contribution in [2.45, 2.75) is 117 Å². The molecule has 0 saturated heterocycles. The Morgan fingerprint density at radius 2 is 0.808 bits per heavy atom. The third kappa shape index (κ3) is 35.5. The summed E-state index contributed by atoms with van der Waals surface area (Å²) >= 11 is 0. The molecule has 0 aromatic carbocycles. The van der Waals surface area contributed by atoms with Gasteiger partial charge in [-0.3, -0.25) is 0 Å². The van der Waals surface area contributed by atoms with Crippen molar-refractivity contribution in [3.63, 3.8) is 0 Å². The van der Waals surface area contributed by atoms with E-state index < -0.39 is 0 Å². The van der Waals surface area contributed by atoms with Crippen molar-refractivity contribution in [3.05, 3.63) is 0 Å². The number of hydrogen-bond acceptors (Lipinski definition) is 1. The zero-order chi connectivity index (χ0) is 19.2. The Labute approximate surface area is 177 Å². The maximum Gasteiger partial charge on any atom is 0.0780 e. The number of hydrogen-bond donors (Lipinski definition) is 1. The summed E-state index contributed by atoms with van der Waals surface area (Å²) in [6, 6.07) is 0. The highest BCUT2D eigenvalue weighted by atomic mass is 79.9. The quantitative estimate of drug-likeness (QED) is 0.269. The molecule has 0 aromatic rings. The van der Waals surface area contributed by atoms with Gasteiger partial charge in [0.1, 0.15) is 0 Å². The number of rotatable bonds is 17. The molecule has 0 radical (unpaired) electrons. The van der Waals surface area contributed by atoms with Crippen LogP contribution < -0.4 is 17.0 Å². The molecule has 0 bridgehead atoms. The van der Waals surface area contributed by atoms with Crippen LogP contribution >= 0.6 is 0 Å². The number of halogens is 1. The molecule has 0 aliphatic carbocycles. The second-order valence-electron chi connectivity index (χ2n) is 8.69. The van der Waals surface area contributed by atoms with Crippen LogP contribution in [0, 0.1) is 0 Å². The maximum absolute atomic E-state index is 8.07. The first-order valence-electron chi connectivity index (χ1n) is 11.4. The number of aliphatic hydroxyl groups excluding tert-OH is 1. The standard InChI is InChI=1S/C19H42N.C4H10O.BrH/c1-5-6-7-8-9-10-11-12-13-14-15-16-17-18-19-20(2,3)4;1-2-3-4-5;/h5-19H2,1-4H3;5H,2-4H2,1H3;1H/q+1;;/p-1. The molecule has 0 unspecified atom stereocenters.